The first-order valence-corrected chi connectivity index (χ1v) is 6.02. The van der Waals surface area contributed by atoms with E-state index in [0.29, 0.717) is 5.75 Å². The summed E-state index contributed by atoms with van der Waals surface area (Å²) in [5, 5.41) is 9.29. The highest BCUT2D eigenvalue weighted by atomic mass is 16.3. The molecule has 0 aliphatic carbocycles. The molecule has 2 nitrogen and oxygen atoms in total. The molecule has 0 spiro atoms. The van der Waals surface area contributed by atoms with E-state index in [-0.39, 0.29) is 5.41 Å². The summed E-state index contributed by atoms with van der Waals surface area (Å²) in [6.45, 7) is 7.41. The van der Waals surface area contributed by atoms with Crippen LogP contribution in [0.15, 0.2) is 35.3 Å². The Hall–Kier alpha value is -1.57. The van der Waals surface area contributed by atoms with Gasteiger partial charge in [-0.3, -0.25) is 4.99 Å². The minimum Gasteiger partial charge on any atom is -0.508 e. The van der Waals surface area contributed by atoms with Gasteiger partial charge in [-0.15, -0.1) is 0 Å². The lowest BCUT2D eigenvalue weighted by atomic mass is 9.86. The fourth-order valence-electron chi connectivity index (χ4n) is 1.94. The van der Waals surface area contributed by atoms with Gasteiger partial charge in [0.2, 0.25) is 0 Å². The van der Waals surface area contributed by atoms with Gasteiger partial charge in [-0.25, -0.2) is 0 Å². The molecule has 1 aromatic carbocycles. The third kappa shape index (κ3) is 2.76. The van der Waals surface area contributed by atoms with Crippen LogP contribution in [0.2, 0.25) is 0 Å². The molecule has 17 heavy (non-hydrogen) atoms. The second kappa shape index (κ2) is 4.36. The number of aliphatic imine (C=N–C) groups is 1. The summed E-state index contributed by atoms with van der Waals surface area (Å²) in [5.41, 5.74) is 3.75. The van der Waals surface area contributed by atoms with Crippen molar-refractivity contribution in [3.8, 4) is 5.75 Å². The van der Waals surface area contributed by atoms with E-state index < -0.39 is 0 Å². The lowest BCUT2D eigenvalue weighted by Crippen LogP contribution is -2.21. The van der Waals surface area contributed by atoms with Gasteiger partial charge < -0.3 is 5.11 Å². The largest absolute Gasteiger partial charge is 0.508 e. The maximum Gasteiger partial charge on any atom is 0.115 e. The van der Waals surface area contributed by atoms with Crippen molar-refractivity contribution in [3.63, 3.8) is 0 Å². The van der Waals surface area contributed by atoms with E-state index >= 15 is 0 Å². The van der Waals surface area contributed by atoms with Crippen LogP contribution in [0, 0.1) is 5.41 Å². The standard InChI is InChI=1S/C15H19NO/c1-15(2,3)14-10-12(8-9-16-14)11-4-6-13(17)7-5-11/h4-7,10,17H,8-9H2,1-3H3. The van der Waals surface area contributed by atoms with E-state index in [1.54, 1.807) is 12.1 Å². The lowest BCUT2D eigenvalue weighted by Gasteiger charge is -2.23. The van der Waals surface area contributed by atoms with Crippen LogP contribution in [-0.4, -0.2) is 17.4 Å². The van der Waals surface area contributed by atoms with Gasteiger partial charge in [0.1, 0.15) is 5.75 Å². The highest BCUT2D eigenvalue weighted by molar-refractivity contribution is 6.05. The number of hydrogen-bond acceptors (Lipinski definition) is 2. The first kappa shape index (κ1) is 11.9. The van der Waals surface area contributed by atoms with Crippen LogP contribution in [0.5, 0.6) is 5.75 Å². The van der Waals surface area contributed by atoms with Crippen LogP contribution in [0.3, 0.4) is 0 Å². The molecule has 90 valence electrons. The number of rotatable bonds is 1. The Morgan fingerprint density at radius 3 is 2.35 bits per heavy atom. The number of benzene rings is 1. The van der Waals surface area contributed by atoms with Gasteiger partial charge in [-0.1, -0.05) is 32.9 Å². The average molecular weight is 229 g/mol. The summed E-state index contributed by atoms with van der Waals surface area (Å²) in [6.07, 6.45) is 3.17. The molecule has 1 heterocycles. The predicted octanol–water partition coefficient (Wildman–Crippen LogP) is 3.67. The summed E-state index contributed by atoms with van der Waals surface area (Å²) in [6, 6.07) is 7.40. The van der Waals surface area contributed by atoms with Crippen LogP contribution in [0.25, 0.3) is 5.57 Å². The number of dihydropyridines is 1. The van der Waals surface area contributed by atoms with Crippen molar-refractivity contribution >= 4 is 11.3 Å². The lowest BCUT2D eigenvalue weighted by molar-refractivity contribution is 0.475. The molecule has 0 radical (unpaired) electrons. The summed E-state index contributed by atoms with van der Waals surface area (Å²) in [4.78, 5) is 4.58. The number of aromatic hydroxyl groups is 1. The number of phenolic OH excluding ortho intramolecular Hbond substituents is 1. The minimum atomic E-state index is 0.0998. The molecule has 0 saturated heterocycles. The predicted molar refractivity (Wildman–Crippen MR) is 72.5 cm³/mol. The summed E-state index contributed by atoms with van der Waals surface area (Å²) in [7, 11) is 0. The molecular formula is C15H19NO. The van der Waals surface area contributed by atoms with Gasteiger partial charge in [-0.05, 0) is 35.8 Å². The van der Waals surface area contributed by atoms with E-state index in [1.807, 2.05) is 12.1 Å². The van der Waals surface area contributed by atoms with Crippen LogP contribution >= 0.6 is 0 Å². The third-order valence-electron chi connectivity index (χ3n) is 2.98. The Morgan fingerprint density at radius 2 is 1.76 bits per heavy atom. The summed E-state index contributed by atoms with van der Waals surface area (Å²) in [5.74, 6) is 0.315. The molecule has 1 aliphatic rings. The van der Waals surface area contributed by atoms with Gasteiger partial charge in [0.25, 0.3) is 0 Å². The third-order valence-corrected chi connectivity index (χ3v) is 2.98. The van der Waals surface area contributed by atoms with E-state index in [9.17, 15) is 5.11 Å². The van der Waals surface area contributed by atoms with Crippen molar-refractivity contribution in [2.45, 2.75) is 27.2 Å². The van der Waals surface area contributed by atoms with E-state index in [0.717, 1.165) is 18.7 Å². The SMILES string of the molecule is CC(C)(C)C1=NCCC(c2ccc(O)cc2)=C1. The molecule has 1 aliphatic heterocycles. The van der Waals surface area contributed by atoms with Crippen LogP contribution < -0.4 is 0 Å². The van der Waals surface area contributed by atoms with Gasteiger partial charge in [0.15, 0.2) is 0 Å². The Balaban J connectivity index is 2.31. The maximum atomic E-state index is 9.29. The second-order valence-corrected chi connectivity index (χ2v) is 5.48. The van der Waals surface area contributed by atoms with Crippen molar-refractivity contribution in [3.05, 3.63) is 35.9 Å². The summed E-state index contributed by atoms with van der Waals surface area (Å²) < 4.78 is 0. The van der Waals surface area contributed by atoms with Gasteiger partial charge >= 0.3 is 0 Å². The Morgan fingerprint density at radius 1 is 1.12 bits per heavy atom. The highest BCUT2D eigenvalue weighted by Crippen LogP contribution is 2.28. The molecule has 0 saturated carbocycles. The molecule has 1 N–H and O–H groups in total. The van der Waals surface area contributed by atoms with Gasteiger partial charge in [0, 0.05) is 17.7 Å². The molecule has 0 amide bonds. The van der Waals surface area contributed by atoms with E-state index in [2.05, 4.69) is 31.8 Å². The maximum absolute atomic E-state index is 9.29. The second-order valence-electron chi connectivity index (χ2n) is 5.48. The first-order chi connectivity index (χ1) is 7.97. The smallest absolute Gasteiger partial charge is 0.115 e. The Kier molecular flexibility index (Phi) is 3.05. The van der Waals surface area contributed by atoms with Gasteiger partial charge in [0.05, 0.1) is 0 Å². The van der Waals surface area contributed by atoms with Crippen molar-refractivity contribution < 1.29 is 5.11 Å². The molecule has 0 fully saturated rings. The first-order valence-electron chi connectivity index (χ1n) is 6.02. The number of phenols is 1. The van der Waals surface area contributed by atoms with Gasteiger partial charge in [-0.2, -0.15) is 0 Å². The topological polar surface area (TPSA) is 32.6 Å². The van der Waals surface area contributed by atoms with Crippen LogP contribution in [-0.2, 0) is 0 Å². The van der Waals surface area contributed by atoms with Crippen molar-refractivity contribution in [2.75, 3.05) is 6.54 Å². The zero-order chi connectivity index (χ0) is 12.5. The van der Waals surface area contributed by atoms with E-state index in [1.165, 1.54) is 11.1 Å². The van der Waals surface area contributed by atoms with Crippen molar-refractivity contribution in [1.82, 2.24) is 0 Å². The molecule has 2 rings (SSSR count). The quantitative estimate of drug-likeness (QED) is 0.783. The van der Waals surface area contributed by atoms with Crippen LogP contribution in [0.1, 0.15) is 32.8 Å². The Bertz CT molecular complexity index is 461. The average Bonchev–Trinajstić information content (AvgIpc) is 2.29. The number of nitrogens with zero attached hydrogens (tertiary/aromatic N) is 1. The highest BCUT2D eigenvalue weighted by Gasteiger charge is 2.20. The minimum absolute atomic E-state index is 0.0998. The molecular weight excluding hydrogens is 210 g/mol. The number of hydrogen-bond donors (Lipinski definition) is 1. The van der Waals surface area contributed by atoms with Crippen LogP contribution in [0.4, 0.5) is 0 Å². The fraction of sp³-hybridized carbons (Fsp3) is 0.400. The fourth-order valence-corrected chi connectivity index (χ4v) is 1.94. The molecule has 0 atom stereocenters. The molecule has 1 aromatic rings. The normalized spacial score (nSPS) is 16.4. The van der Waals surface area contributed by atoms with Crippen molar-refractivity contribution in [1.29, 1.82) is 0 Å². The zero-order valence-electron chi connectivity index (χ0n) is 10.7. The van der Waals surface area contributed by atoms with Crippen molar-refractivity contribution in [2.24, 2.45) is 10.4 Å². The summed E-state index contributed by atoms with van der Waals surface area (Å²) >= 11 is 0. The molecule has 0 aromatic heterocycles. The molecule has 2 heteroatoms. The monoisotopic (exact) mass is 229 g/mol. The molecule has 0 unspecified atom stereocenters. The Labute approximate surface area is 103 Å². The molecule has 0 bridgehead atoms. The zero-order valence-corrected chi connectivity index (χ0v) is 10.7. The number of allylic oxidation sites excluding steroid dienone is 1. The van der Waals surface area contributed by atoms with E-state index in [4.69, 9.17) is 0 Å².